The molecule has 1 nitrogen and oxygen atoms in total. The summed E-state index contributed by atoms with van der Waals surface area (Å²) >= 11 is 0. The fraction of sp³-hybridized carbons (Fsp3) is 0.471. The van der Waals surface area contributed by atoms with Crippen LogP contribution in [0.4, 0.5) is 0 Å². The Bertz CT molecular complexity index is 464. The largest absolute Gasteiger partial charge is 0.298 e. The van der Waals surface area contributed by atoms with Crippen molar-refractivity contribution < 1.29 is 4.79 Å². The lowest BCUT2D eigenvalue weighted by atomic mass is 9.81. The van der Waals surface area contributed by atoms with Crippen LogP contribution in [0.5, 0.6) is 0 Å². The first-order chi connectivity index (χ1) is 8.55. The topological polar surface area (TPSA) is 17.1 Å². The monoisotopic (exact) mass is 242 g/mol. The maximum Gasteiger partial charge on any atom is 0.150 e. The van der Waals surface area contributed by atoms with Crippen molar-refractivity contribution in [3.05, 3.63) is 41.0 Å². The Morgan fingerprint density at radius 3 is 2.44 bits per heavy atom. The second kappa shape index (κ2) is 5.09. The van der Waals surface area contributed by atoms with E-state index < -0.39 is 0 Å². The van der Waals surface area contributed by atoms with Crippen LogP contribution >= 0.6 is 0 Å². The zero-order valence-corrected chi connectivity index (χ0v) is 11.6. The Hall–Kier alpha value is -1.37. The highest BCUT2D eigenvalue weighted by Gasteiger charge is 2.20. The van der Waals surface area contributed by atoms with Gasteiger partial charge in [-0.05, 0) is 53.9 Å². The maximum absolute atomic E-state index is 11.1. The van der Waals surface area contributed by atoms with Gasteiger partial charge in [0.1, 0.15) is 6.29 Å². The third-order valence-corrected chi connectivity index (χ3v) is 3.96. The van der Waals surface area contributed by atoms with Crippen LogP contribution in [0.1, 0.15) is 61.5 Å². The third kappa shape index (κ3) is 3.10. The van der Waals surface area contributed by atoms with Crippen molar-refractivity contribution in [2.45, 2.75) is 45.4 Å². The van der Waals surface area contributed by atoms with Crippen LogP contribution in [0.2, 0.25) is 0 Å². The van der Waals surface area contributed by atoms with E-state index in [0.29, 0.717) is 0 Å². The Morgan fingerprint density at radius 2 is 1.89 bits per heavy atom. The maximum atomic E-state index is 11.1. The molecule has 0 N–H and O–H groups in total. The minimum atomic E-state index is 0.126. The highest BCUT2D eigenvalue weighted by atomic mass is 16.1. The fourth-order valence-electron chi connectivity index (χ4n) is 1.97. The summed E-state index contributed by atoms with van der Waals surface area (Å²) in [7, 11) is 0. The quantitative estimate of drug-likeness (QED) is 0.689. The summed E-state index contributed by atoms with van der Waals surface area (Å²) < 4.78 is 0. The summed E-state index contributed by atoms with van der Waals surface area (Å²) in [6.07, 6.45) is 9.09. The summed E-state index contributed by atoms with van der Waals surface area (Å²) in [4.78, 5) is 11.1. The van der Waals surface area contributed by atoms with Crippen molar-refractivity contribution in [1.29, 1.82) is 0 Å². The smallest absolute Gasteiger partial charge is 0.150 e. The van der Waals surface area contributed by atoms with Crippen LogP contribution in [-0.4, -0.2) is 6.29 Å². The average Bonchev–Trinajstić information content (AvgIpc) is 3.20. The van der Waals surface area contributed by atoms with Crippen LogP contribution in [0, 0.1) is 5.92 Å². The van der Waals surface area contributed by atoms with Gasteiger partial charge in [-0.1, -0.05) is 39.0 Å². The van der Waals surface area contributed by atoms with Gasteiger partial charge in [0.25, 0.3) is 0 Å². The number of hydrogen-bond acceptors (Lipinski definition) is 1. The molecule has 0 amide bonds. The Kier molecular flexibility index (Phi) is 3.70. The number of carbonyl (C=O) groups excluding carboxylic acids is 1. The summed E-state index contributed by atoms with van der Waals surface area (Å²) in [6.45, 7) is 6.64. The van der Waals surface area contributed by atoms with Crippen molar-refractivity contribution >= 4 is 12.4 Å². The number of allylic oxidation sites excluding steroid dienone is 1. The van der Waals surface area contributed by atoms with Gasteiger partial charge in [-0.15, -0.1) is 0 Å². The molecule has 0 bridgehead atoms. The molecule has 0 unspecified atom stereocenters. The lowest BCUT2D eigenvalue weighted by Crippen LogP contribution is -2.15. The summed E-state index contributed by atoms with van der Waals surface area (Å²) in [5.41, 5.74) is 3.32. The zero-order valence-electron chi connectivity index (χ0n) is 11.6. The molecule has 0 aliphatic heterocycles. The highest BCUT2D eigenvalue weighted by molar-refractivity contribution is 5.77. The average molecular weight is 242 g/mol. The molecule has 0 spiro atoms. The standard InChI is InChI=1S/C17H22O/c1-4-17(2,3)16-10-14(8-7-13-5-6-13)9-15(11-16)12-18/h7-13H,4-6H2,1-3H3. The Morgan fingerprint density at radius 1 is 1.22 bits per heavy atom. The SMILES string of the molecule is CCC(C)(C)c1cc(C=O)cc(C=CC2CC2)c1. The molecule has 2 rings (SSSR count). The van der Waals surface area contributed by atoms with Crippen molar-refractivity contribution in [2.75, 3.05) is 0 Å². The molecule has 0 atom stereocenters. The number of aldehydes is 1. The minimum absolute atomic E-state index is 0.126. The zero-order chi connectivity index (χ0) is 13.2. The van der Waals surface area contributed by atoms with E-state index in [1.54, 1.807) is 0 Å². The molecule has 1 aromatic carbocycles. The van der Waals surface area contributed by atoms with Gasteiger partial charge < -0.3 is 0 Å². The minimum Gasteiger partial charge on any atom is -0.298 e. The van der Waals surface area contributed by atoms with Crippen molar-refractivity contribution in [1.82, 2.24) is 0 Å². The predicted molar refractivity (Wildman–Crippen MR) is 76.9 cm³/mol. The second-order valence-electron chi connectivity index (χ2n) is 5.94. The van der Waals surface area contributed by atoms with Crippen LogP contribution in [0.3, 0.4) is 0 Å². The molecule has 0 aromatic heterocycles. The first kappa shape index (κ1) is 13.1. The van der Waals surface area contributed by atoms with Gasteiger partial charge in [-0.25, -0.2) is 0 Å². The summed E-state index contributed by atoms with van der Waals surface area (Å²) in [5.74, 6) is 0.771. The van der Waals surface area contributed by atoms with Gasteiger partial charge in [0, 0.05) is 5.56 Å². The van der Waals surface area contributed by atoms with Crippen molar-refractivity contribution in [2.24, 2.45) is 5.92 Å². The summed E-state index contributed by atoms with van der Waals surface area (Å²) in [6, 6.07) is 6.21. The molecule has 1 aliphatic rings. The lowest BCUT2D eigenvalue weighted by Gasteiger charge is -2.24. The number of rotatable bonds is 5. The predicted octanol–water partition coefficient (Wildman–Crippen LogP) is 4.61. The van der Waals surface area contributed by atoms with E-state index in [2.05, 4.69) is 39.0 Å². The molecule has 1 fully saturated rings. The molecule has 1 aliphatic carbocycles. The van der Waals surface area contributed by atoms with Gasteiger partial charge in [0.2, 0.25) is 0 Å². The first-order valence-electron chi connectivity index (χ1n) is 6.84. The highest BCUT2D eigenvalue weighted by Crippen LogP contribution is 2.32. The molecule has 1 saturated carbocycles. The molecular weight excluding hydrogens is 220 g/mol. The Balaban J connectivity index is 2.34. The third-order valence-electron chi connectivity index (χ3n) is 3.96. The Labute approximate surface area is 110 Å². The molecule has 0 radical (unpaired) electrons. The van der Waals surface area contributed by atoms with Crippen LogP contribution in [0.15, 0.2) is 24.3 Å². The van der Waals surface area contributed by atoms with Gasteiger partial charge >= 0.3 is 0 Å². The van der Waals surface area contributed by atoms with E-state index in [-0.39, 0.29) is 5.41 Å². The van der Waals surface area contributed by atoms with Crippen LogP contribution in [-0.2, 0) is 5.41 Å². The lowest BCUT2D eigenvalue weighted by molar-refractivity contribution is 0.112. The molecular formula is C17H22O. The number of benzene rings is 1. The van der Waals surface area contributed by atoms with Crippen molar-refractivity contribution in [3.8, 4) is 0 Å². The van der Waals surface area contributed by atoms with E-state index in [4.69, 9.17) is 0 Å². The molecule has 0 heterocycles. The van der Waals surface area contributed by atoms with E-state index in [1.165, 1.54) is 18.4 Å². The molecule has 18 heavy (non-hydrogen) atoms. The normalized spacial score (nSPS) is 16.2. The first-order valence-corrected chi connectivity index (χ1v) is 6.84. The molecule has 1 heteroatoms. The fourth-order valence-corrected chi connectivity index (χ4v) is 1.97. The number of hydrogen-bond donors (Lipinski definition) is 0. The van der Waals surface area contributed by atoms with E-state index >= 15 is 0 Å². The van der Waals surface area contributed by atoms with Crippen molar-refractivity contribution in [3.63, 3.8) is 0 Å². The summed E-state index contributed by atoms with van der Waals surface area (Å²) in [5, 5.41) is 0. The van der Waals surface area contributed by atoms with E-state index in [9.17, 15) is 4.79 Å². The molecule has 0 saturated heterocycles. The van der Waals surface area contributed by atoms with Gasteiger partial charge in [-0.3, -0.25) is 4.79 Å². The second-order valence-corrected chi connectivity index (χ2v) is 5.94. The molecule has 96 valence electrons. The van der Waals surface area contributed by atoms with E-state index in [0.717, 1.165) is 29.8 Å². The number of carbonyl (C=O) groups is 1. The van der Waals surface area contributed by atoms with Crippen LogP contribution in [0.25, 0.3) is 6.08 Å². The molecule has 1 aromatic rings. The van der Waals surface area contributed by atoms with E-state index in [1.807, 2.05) is 12.1 Å². The van der Waals surface area contributed by atoms with Crippen LogP contribution < -0.4 is 0 Å². The van der Waals surface area contributed by atoms with Gasteiger partial charge in [0.15, 0.2) is 0 Å². The van der Waals surface area contributed by atoms with Gasteiger partial charge in [-0.2, -0.15) is 0 Å². The van der Waals surface area contributed by atoms with Gasteiger partial charge in [0.05, 0.1) is 0 Å².